The Morgan fingerprint density at radius 1 is 1.29 bits per heavy atom. The highest BCUT2D eigenvalue weighted by atomic mass is 19.1. The van der Waals surface area contributed by atoms with E-state index in [9.17, 15) is 4.39 Å². The smallest absolute Gasteiger partial charge is 0.123 e. The van der Waals surface area contributed by atoms with E-state index in [-0.39, 0.29) is 5.82 Å². The number of hydrogen-bond acceptors (Lipinski definition) is 1. The fourth-order valence-electron chi connectivity index (χ4n) is 1.28. The highest BCUT2D eigenvalue weighted by Crippen LogP contribution is 2.09. The summed E-state index contributed by atoms with van der Waals surface area (Å²) >= 11 is 0. The molecule has 0 saturated heterocycles. The van der Waals surface area contributed by atoms with E-state index in [4.69, 9.17) is 0 Å². The van der Waals surface area contributed by atoms with Crippen LogP contribution in [0.15, 0.2) is 36.7 Å². The average molecular weight is 190 g/mol. The van der Waals surface area contributed by atoms with Gasteiger partial charge < -0.3 is 0 Å². The highest BCUT2D eigenvalue weighted by molar-refractivity contribution is 5.31. The first kappa shape index (κ1) is 8.94. The van der Waals surface area contributed by atoms with Crippen LogP contribution in [-0.2, 0) is 6.42 Å². The Labute approximate surface area is 82.0 Å². The van der Waals surface area contributed by atoms with Crippen LogP contribution >= 0.6 is 0 Å². The number of aromatic nitrogens is 2. The van der Waals surface area contributed by atoms with Gasteiger partial charge in [0, 0.05) is 6.20 Å². The van der Waals surface area contributed by atoms with Gasteiger partial charge in [0.1, 0.15) is 5.82 Å². The predicted molar refractivity (Wildman–Crippen MR) is 52.9 cm³/mol. The van der Waals surface area contributed by atoms with Gasteiger partial charge in [-0.05, 0) is 36.2 Å². The van der Waals surface area contributed by atoms with E-state index in [0.29, 0.717) is 0 Å². The lowest BCUT2D eigenvalue weighted by Gasteiger charge is -1.99. The molecular weight excluding hydrogens is 179 g/mol. The highest BCUT2D eigenvalue weighted by Gasteiger charge is 1.99. The number of hydrogen-bond donors (Lipinski definition) is 0. The maximum atomic E-state index is 12.6. The van der Waals surface area contributed by atoms with E-state index in [1.54, 1.807) is 16.8 Å². The normalized spacial score (nSPS) is 10.4. The van der Waals surface area contributed by atoms with Crippen molar-refractivity contribution in [3.63, 3.8) is 0 Å². The minimum absolute atomic E-state index is 0.225. The Kier molecular flexibility index (Phi) is 2.31. The van der Waals surface area contributed by atoms with Crippen LogP contribution in [0, 0.1) is 5.82 Å². The summed E-state index contributed by atoms with van der Waals surface area (Å²) in [4.78, 5) is 0. The van der Waals surface area contributed by atoms with Crippen LogP contribution in [0.1, 0.15) is 12.5 Å². The first-order valence-electron chi connectivity index (χ1n) is 4.59. The van der Waals surface area contributed by atoms with Gasteiger partial charge >= 0.3 is 0 Å². The molecule has 72 valence electrons. The van der Waals surface area contributed by atoms with E-state index in [1.807, 2.05) is 12.4 Å². The van der Waals surface area contributed by atoms with E-state index in [1.165, 1.54) is 17.7 Å². The molecule has 1 heterocycles. The first-order chi connectivity index (χ1) is 6.79. The van der Waals surface area contributed by atoms with Crippen molar-refractivity contribution in [2.75, 3.05) is 0 Å². The molecule has 0 spiro atoms. The molecule has 0 fully saturated rings. The summed E-state index contributed by atoms with van der Waals surface area (Å²) in [7, 11) is 0. The molecule has 0 unspecified atom stereocenters. The molecule has 0 amide bonds. The standard InChI is InChI=1S/C11H11FN2/c1-2-9-7-13-14(8-9)11-5-3-10(12)4-6-11/h3-8H,2H2,1H3. The van der Waals surface area contributed by atoms with Crippen molar-refractivity contribution in [1.29, 1.82) is 0 Å². The second-order valence-electron chi connectivity index (χ2n) is 3.12. The Bertz CT molecular complexity index is 417. The van der Waals surface area contributed by atoms with Crippen LogP contribution in [-0.4, -0.2) is 9.78 Å². The average Bonchev–Trinajstić information content (AvgIpc) is 2.67. The number of benzene rings is 1. The summed E-state index contributed by atoms with van der Waals surface area (Å²) in [6.07, 6.45) is 4.73. The zero-order valence-corrected chi connectivity index (χ0v) is 7.94. The van der Waals surface area contributed by atoms with Gasteiger partial charge in [0.25, 0.3) is 0 Å². The fourth-order valence-corrected chi connectivity index (χ4v) is 1.28. The molecule has 0 atom stereocenters. The predicted octanol–water partition coefficient (Wildman–Crippen LogP) is 2.57. The number of halogens is 1. The number of nitrogens with zero attached hydrogens (tertiary/aromatic N) is 2. The largest absolute Gasteiger partial charge is 0.241 e. The van der Waals surface area contributed by atoms with E-state index in [2.05, 4.69) is 12.0 Å². The summed E-state index contributed by atoms with van der Waals surface area (Å²) in [5, 5.41) is 4.18. The molecule has 1 aromatic heterocycles. The lowest BCUT2D eigenvalue weighted by Crippen LogP contribution is -1.93. The van der Waals surface area contributed by atoms with Crippen molar-refractivity contribution >= 4 is 0 Å². The summed E-state index contributed by atoms with van der Waals surface area (Å²) < 4.78 is 14.4. The molecule has 0 N–H and O–H groups in total. The summed E-state index contributed by atoms with van der Waals surface area (Å²) in [5.41, 5.74) is 2.06. The van der Waals surface area contributed by atoms with Gasteiger partial charge in [0.2, 0.25) is 0 Å². The van der Waals surface area contributed by atoms with E-state index in [0.717, 1.165) is 12.1 Å². The lowest BCUT2D eigenvalue weighted by atomic mass is 10.3. The lowest BCUT2D eigenvalue weighted by molar-refractivity contribution is 0.627. The first-order valence-corrected chi connectivity index (χ1v) is 4.59. The second kappa shape index (κ2) is 3.62. The maximum absolute atomic E-state index is 12.6. The van der Waals surface area contributed by atoms with Crippen molar-refractivity contribution in [2.24, 2.45) is 0 Å². The zero-order valence-electron chi connectivity index (χ0n) is 7.94. The van der Waals surface area contributed by atoms with Gasteiger partial charge in [-0.2, -0.15) is 5.10 Å². The maximum Gasteiger partial charge on any atom is 0.123 e. The van der Waals surface area contributed by atoms with Gasteiger partial charge in [0.05, 0.1) is 11.9 Å². The third kappa shape index (κ3) is 1.66. The molecule has 2 nitrogen and oxygen atoms in total. The van der Waals surface area contributed by atoms with Crippen molar-refractivity contribution in [2.45, 2.75) is 13.3 Å². The van der Waals surface area contributed by atoms with Gasteiger partial charge in [0.15, 0.2) is 0 Å². The van der Waals surface area contributed by atoms with Crippen LogP contribution in [0.5, 0.6) is 0 Å². The van der Waals surface area contributed by atoms with Crippen molar-refractivity contribution < 1.29 is 4.39 Å². The molecule has 1 aromatic carbocycles. The Hall–Kier alpha value is -1.64. The molecule has 0 aliphatic heterocycles. The molecular formula is C11H11FN2. The Morgan fingerprint density at radius 2 is 2.00 bits per heavy atom. The molecule has 3 heteroatoms. The molecule has 14 heavy (non-hydrogen) atoms. The van der Waals surface area contributed by atoms with Crippen LogP contribution in [0.3, 0.4) is 0 Å². The van der Waals surface area contributed by atoms with Crippen LogP contribution in [0.4, 0.5) is 4.39 Å². The van der Waals surface area contributed by atoms with Crippen molar-refractivity contribution in [1.82, 2.24) is 9.78 Å². The third-order valence-electron chi connectivity index (χ3n) is 2.14. The zero-order chi connectivity index (χ0) is 9.97. The number of aryl methyl sites for hydroxylation is 1. The molecule has 0 aliphatic rings. The van der Waals surface area contributed by atoms with E-state index >= 15 is 0 Å². The van der Waals surface area contributed by atoms with Crippen LogP contribution in [0.25, 0.3) is 5.69 Å². The molecule has 0 saturated carbocycles. The molecule has 0 bridgehead atoms. The summed E-state index contributed by atoms with van der Waals surface area (Å²) in [6, 6.07) is 6.29. The second-order valence-corrected chi connectivity index (χ2v) is 3.12. The molecule has 2 aromatic rings. The molecule has 0 radical (unpaired) electrons. The van der Waals surface area contributed by atoms with E-state index < -0.39 is 0 Å². The SMILES string of the molecule is CCc1cnn(-c2ccc(F)cc2)c1. The van der Waals surface area contributed by atoms with Gasteiger partial charge in [-0.1, -0.05) is 6.92 Å². The van der Waals surface area contributed by atoms with Crippen molar-refractivity contribution in [3.8, 4) is 5.69 Å². The Balaban J connectivity index is 2.34. The van der Waals surface area contributed by atoms with Crippen LogP contribution < -0.4 is 0 Å². The minimum Gasteiger partial charge on any atom is -0.241 e. The quantitative estimate of drug-likeness (QED) is 0.711. The molecule has 0 aliphatic carbocycles. The van der Waals surface area contributed by atoms with Crippen molar-refractivity contribution in [3.05, 3.63) is 48.0 Å². The van der Waals surface area contributed by atoms with Crippen LogP contribution in [0.2, 0.25) is 0 Å². The van der Waals surface area contributed by atoms with Gasteiger partial charge in [-0.15, -0.1) is 0 Å². The molecule has 2 rings (SSSR count). The monoisotopic (exact) mass is 190 g/mol. The van der Waals surface area contributed by atoms with Gasteiger partial charge in [-0.3, -0.25) is 0 Å². The Morgan fingerprint density at radius 3 is 2.57 bits per heavy atom. The summed E-state index contributed by atoms with van der Waals surface area (Å²) in [6.45, 7) is 2.08. The van der Waals surface area contributed by atoms with Gasteiger partial charge in [-0.25, -0.2) is 9.07 Å². The summed E-state index contributed by atoms with van der Waals surface area (Å²) in [5.74, 6) is -0.225. The third-order valence-corrected chi connectivity index (χ3v) is 2.14. The fraction of sp³-hybridized carbons (Fsp3) is 0.182. The number of rotatable bonds is 2. The minimum atomic E-state index is -0.225. The topological polar surface area (TPSA) is 17.8 Å².